The summed E-state index contributed by atoms with van der Waals surface area (Å²) in [6.07, 6.45) is 9.74. The molecule has 0 aromatic carbocycles. The first-order valence-corrected chi connectivity index (χ1v) is 8.02. The third kappa shape index (κ3) is 5.50. The van der Waals surface area contributed by atoms with Crippen molar-refractivity contribution in [1.29, 1.82) is 0 Å². The molecule has 21 heavy (non-hydrogen) atoms. The van der Waals surface area contributed by atoms with Gasteiger partial charge in [0.2, 0.25) is 0 Å². The normalized spacial score (nSPS) is 13.7. The first kappa shape index (κ1) is 17.7. The standard InChI is InChI=1S/C18H30N2O/c1-5-21-16(2)18(3,17-11-10-14-20-15-17)12-8-6-7-9-13-19-4/h10-11,14-15,19H,2,5-9,12-13H2,1,3-4H3. The predicted molar refractivity (Wildman–Crippen MR) is 89.4 cm³/mol. The Morgan fingerprint density at radius 3 is 2.71 bits per heavy atom. The number of allylic oxidation sites excluding steroid dienone is 1. The van der Waals surface area contributed by atoms with Crippen LogP contribution >= 0.6 is 0 Å². The molecule has 1 aromatic heterocycles. The monoisotopic (exact) mass is 290 g/mol. The van der Waals surface area contributed by atoms with Crippen molar-refractivity contribution in [2.75, 3.05) is 20.2 Å². The van der Waals surface area contributed by atoms with Crippen LogP contribution in [0.25, 0.3) is 0 Å². The Hall–Kier alpha value is -1.35. The minimum absolute atomic E-state index is 0.146. The highest BCUT2D eigenvalue weighted by molar-refractivity contribution is 5.29. The maximum atomic E-state index is 5.72. The molecule has 1 atom stereocenters. The van der Waals surface area contributed by atoms with E-state index in [2.05, 4.69) is 29.9 Å². The van der Waals surface area contributed by atoms with E-state index in [4.69, 9.17) is 4.74 Å². The van der Waals surface area contributed by atoms with Gasteiger partial charge in [0.1, 0.15) is 0 Å². The summed E-state index contributed by atoms with van der Waals surface area (Å²) in [6, 6.07) is 4.11. The number of pyridine rings is 1. The number of hydrogen-bond donors (Lipinski definition) is 1. The van der Waals surface area contributed by atoms with Gasteiger partial charge in [-0.25, -0.2) is 0 Å². The molecule has 0 radical (unpaired) electrons. The first-order valence-electron chi connectivity index (χ1n) is 8.02. The molecule has 1 unspecified atom stereocenters. The maximum Gasteiger partial charge on any atom is 0.0991 e. The predicted octanol–water partition coefficient (Wildman–Crippen LogP) is 4.06. The van der Waals surface area contributed by atoms with Gasteiger partial charge in [0.25, 0.3) is 0 Å². The minimum Gasteiger partial charge on any atom is -0.498 e. The summed E-state index contributed by atoms with van der Waals surface area (Å²) in [5.41, 5.74) is 1.05. The van der Waals surface area contributed by atoms with Gasteiger partial charge in [-0.2, -0.15) is 0 Å². The molecule has 0 spiro atoms. The van der Waals surface area contributed by atoms with Crippen LogP contribution in [0.3, 0.4) is 0 Å². The number of nitrogens with zero attached hydrogens (tertiary/aromatic N) is 1. The number of nitrogens with one attached hydrogen (secondary N) is 1. The van der Waals surface area contributed by atoms with Crippen molar-refractivity contribution in [3.05, 3.63) is 42.4 Å². The van der Waals surface area contributed by atoms with Crippen molar-refractivity contribution in [2.24, 2.45) is 0 Å². The van der Waals surface area contributed by atoms with Gasteiger partial charge in [-0.3, -0.25) is 4.98 Å². The lowest BCUT2D eigenvalue weighted by Gasteiger charge is -2.31. The van der Waals surface area contributed by atoms with E-state index in [0.717, 1.165) is 18.7 Å². The van der Waals surface area contributed by atoms with Gasteiger partial charge in [0, 0.05) is 12.4 Å². The summed E-state index contributed by atoms with van der Waals surface area (Å²) in [5, 5.41) is 3.19. The largest absolute Gasteiger partial charge is 0.498 e. The van der Waals surface area contributed by atoms with Crippen LogP contribution in [0.2, 0.25) is 0 Å². The van der Waals surface area contributed by atoms with Crippen molar-refractivity contribution in [1.82, 2.24) is 10.3 Å². The van der Waals surface area contributed by atoms with Gasteiger partial charge in [-0.1, -0.05) is 31.9 Å². The third-order valence-electron chi connectivity index (χ3n) is 4.09. The number of unbranched alkanes of at least 4 members (excludes halogenated alkanes) is 3. The Kier molecular flexibility index (Phi) is 8.06. The van der Waals surface area contributed by atoms with E-state index in [0.29, 0.717) is 6.61 Å². The molecule has 0 aliphatic rings. The molecule has 0 fully saturated rings. The van der Waals surface area contributed by atoms with Gasteiger partial charge < -0.3 is 10.1 Å². The fourth-order valence-corrected chi connectivity index (χ4v) is 2.60. The summed E-state index contributed by atoms with van der Waals surface area (Å²) in [4.78, 5) is 4.26. The summed E-state index contributed by atoms with van der Waals surface area (Å²) in [5.74, 6) is 0.855. The van der Waals surface area contributed by atoms with Crippen LogP contribution < -0.4 is 5.32 Å². The molecule has 1 aromatic rings. The summed E-state index contributed by atoms with van der Waals surface area (Å²) < 4.78 is 5.72. The van der Waals surface area contributed by atoms with Crippen molar-refractivity contribution in [2.45, 2.75) is 51.4 Å². The zero-order valence-corrected chi connectivity index (χ0v) is 13.8. The van der Waals surface area contributed by atoms with Crippen LogP contribution in [0.4, 0.5) is 0 Å². The highest BCUT2D eigenvalue weighted by atomic mass is 16.5. The van der Waals surface area contributed by atoms with Gasteiger partial charge in [-0.05, 0) is 51.9 Å². The quantitative estimate of drug-likeness (QED) is 0.493. The molecule has 1 heterocycles. The zero-order valence-electron chi connectivity index (χ0n) is 13.8. The van der Waals surface area contributed by atoms with Crippen molar-refractivity contribution < 1.29 is 4.74 Å². The van der Waals surface area contributed by atoms with E-state index in [1.807, 2.05) is 32.4 Å². The number of aromatic nitrogens is 1. The Bertz CT molecular complexity index is 405. The summed E-state index contributed by atoms with van der Waals surface area (Å²) >= 11 is 0. The van der Waals surface area contributed by atoms with Crippen LogP contribution in [0.1, 0.15) is 51.5 Å². The Morgan fingerprint density at radius 1 is 1.33 bits per heavy atom. The second-order valence-electron chi connectivity index (χ2n) is 5.70. The van der Waals surface area contributed by atoms with Gasteiger partial charge >= 0.3 is 0 Å². The second-order valence-corrected chi connectivity index (χ2v) is 5.70. The lowest BCUT2D eigenvalue weighted by atomic mass is 9.77. The molecule has 0 aliphatic carbocycles. The first-order chi connectivity index (χ1) is 10.1. The molecule has 0 saturated heterocycles. The Labute approximate surface area is 129 Å². The van der Waals surface area contributed by atoms with Crippen LogP contribution in [0.5, 0.6) is 0 Å². The fourth-order valence-electron chi connectivity index (χ4n) is 2.60. The molecule has 0 aliphatic heterocycles. The lowest BCUT2D eigenvalue weighted by Crippen LogP contribution is -2.26. The van der Waals surface area contributed by atoms with Crippen molar-refractivity contribution in [3.63, 3.8) is 0 Å². The molecular formula is C18H30N2O. The molecule has 0 saturated carbocycles. The highest BCUT2D eigenvalue weighted by Crippen LogP contribution is 2.36. The minimum atomic E-state index is -0.146. The third-order valence-corrected chi connectivity index (χ3v) is 4.09. The van der Waals surface area contributed by atoms with Crippen LogP contribution in [-0.4, -0.2) is 25.2 Å². The molecule has 1 rings (SSSR count). The van der Waals surface area contributed by atoms with Gasteiger partial charge in [0.15, 0.2) is 0 Å². The van der Waals surface area contributed by atoms with E-state index >= 15 is 0 Å². The zero-order chi connectivity index (χ0) is 15.6. The van der Waals surface area contributed by atoms with E-state index in [1.54, 1.807) is 0 Å². The second kappa shape index (κ2) is 9.56. The Balaban J connectivity index is 2.63. The molecular weight excluding hydrogens is 260 g/mol. The smallest absolute Gasteiger partial charge is 0.0991 e. The number of hydrogen-bond acceptors (Lipinski definition) is 3. The Morgan fingerprint density at radius 2 is 2.10 bits per heavy atom. The summed E-state index contributed by atoms with van der Waals surface area (Å²) in [7, 11) is 2.01. The molecule has 0 amide bonds. The summed E-state index contributed by atoms with van der Waals surface area (Å²) in [6.45, 7) is 10.2. The van der Waals surface area contributed by atoms with E-state index in [9.17, 15) is 0 Å². The SMILES string of the molecule is C=C(OCC)C(C)(CCCCCCNC)c1cccnc1. The molecule has 3 heteroatoms. The maximum absolute atomic E-state index is 5.72. The van der Waals surface area contributed by atoms with Crippen molar-refractivity contribution in [3.8, 4) is 0 Å². The number of ether oxygens (including phenoxy) is 1. The fraction of sp³-hybridized carbons (Fsp3) is 0.611. The van der Waals surface area contributed by atoms with Crippen molar-refractivity contribution >= 4 is 0 Å². The number of rotatable bonds is 11. The van der Waals surface area contributed by atoms with E-state index in [-0.39, 0.29) is 5.41 Å². The van der Waals surface area contributed by atoms with Gasteiger partial charge in [0.05, 0.1) is 17.8 Å². The average molecular weight is 290 g/mol. The van der Waals surface area contributed by atoms with Crippen LogP contribution in [0, 0.1) is 0 Å². The molecule has 118 valence electrons. The van der Waals surface area contributed by atoms with Crippen LogP contribution in [0.15, 0.2) is 36.9 Å². The van der Waals surface area contributed by atoms with E-state index in [1.165, 1.54) is 31.2 Å². The lowest BCUT2D eigenvalue weighted by molar-refractivity contribution is 0.175. The van der Waals surface area contributed by atoms with Crippen LogP contribution in [-0.2, 0) is 10.2 Å². The molecule has 3 nitrogen and oxygen atoms in total. The average Bonchev–Trinajstić information content (AvgIpc) is 2.51. The highest BCUT2D eigenvalue weighted by Gasteiger charge is 2.31. The topological polar surface area (TPSA) is 34.1 Å². The van der Waals surface area contributed by atoms with Gasteiger partial charge in [-0.15, -0.1) is 0 Å². The molecule has 0 bridgehead atoms. The molecule has 1 N–H and O–H groups in total. The van der Waals surface area contributed by atoms with E-state index < -0.39 is 0 Å².